The summed E-state index contributed by atoms with van der Waals surface area (Å²) < 4.78 is 5.08. The molecule has 9 heteroatoms. The fourth-order valence-electron chi connectivity index (χ4n) is 3.91. The van der Waals surface area contributed by atoms with Crippen LogP contribution in [0, 0.1) is 11.3 Å². The van der Waals surface area contributed by atoms with E-state index in [1.165, 1.54) is 4.90 Å². The predicted octanol–water partition coefficient (Wildman–Crippen LogP) is 3.54. The lowest BCUT2D eigenvalue weighted by Crippen LogP contribution is -2.54. The highest BCUT2D eigenvalue weighted by Gasteiger charge is 2.52. The molecule has 0 radical (unpaired) electrons. The van der Waals surface area contributed by atoms with Crippen LogP contribution < -0.4 is 4.90 Å². The molecule has 0 saturated carbocycles. The summed E-state index contributed by atoms with van der Waals surface area (Å²) in [5, 5.41) is 9.77. The molecule has 2 heterocycles. The van der Waals surface area contributed by atoms with Gasteiger partial charge in [0, 0.05) is 19.1 Å². The van der Waals surface area contributed by atoms with E-state index in [2.05, 4.69) is 0 Å². The first-order valence-corrected chi connectivity index (χ1v) is 10.3. The summed E-state index contributed by atoms with van der Waals surface area (Å²) in [5.41, 5.74) is 0.0628. The number of amides is 2. The van der Waals surface area contributed by atoms with E-state index >= 15 is 0 Å². The molecule has 2 amide bonds. The van der Waals surface area contributed by atoms with Crippen LogP contribution in [0.2, 0.25) is 5.02 Å². The number of benzene rings is 1. The van der Waals surface area contributed by atoms with Crippen molar-refractivity contribution in [2.24, 2.45) is 0 Å². The van der Waals surface area contributed by atoms with Crippen molar-refractivity contribution in [3.8, 4) is 6.07 Å². The first-order valence-electron chi connectivity index (χ1n) is 9.51. The van der Waals surface area contributed by atoms with Crippen LogP contribution in [0.25, 0.3) is 0 Å². The summed E-state index contributed by atoms with van der Waals surface area (Å²) in [6, 6.07) is 6.90. The summed E-state index contributed by atoms with van der Waals surface area (Å²) in [6.07, 6.45) is 1.08. The SMILES string of the molecule is CCOC(=O)N1CCC(N2C(=S)N(c3ccc(C#N)c(Cl)c3)C(=O)C2(C)C)CC1. The van der Waals surface area contributed by atoms with Crippen molar-refractivity contribution in [1.29, 1.82) is 5.26 Å². The number of nitriles is 1. The van der Waals surface area contributed by atoms with Gasteiger partial charge in [-0.05, 0) is 64.0 Å². The maximum atomic E-state index is 13.2. The highest BCUT2D eigenvalue weighted by Crippen LogP contribution is 2.37. The minimum Gasteiger partial charge on any atom is -0.450 e. The van der Waals surface area contributed by atoms with E-state index in [1.54, 1.807) is 30.0 Å². The number of ether oxygens (including phenoxy) is 1. The van der Waals surface area contributed by atoms with E-state index in [9.17, 15) is 9.59 Å². The summed E-state index contributed by atoms with van der Waals surface area (Å²) in [5.74, 6) is -0.143. The molecule has 29 heavy (non-hydrogen) atoms. The van der Waals surface area contributed by atoms with E-state index in [-0.39, 0.29) is 23.1 Å². The topological polar surface area (TPSA) is 76.9 Å². The number of hydrogen-bond donors (Lipinski definition) is 0. The lowest BCUT2D eigenvalue weighted by molar-refractivity contribution is -0.124. The minimum atomic E-state index is -0.825. The highest BCUT2D eigenvalue weighted by atomic mass is 35.5. The Bertz CT molecular complexity index is 890. The molecule has 7 nitrogen and oxygen atoms in total. The summed E-state index contributed by atoms with van der Waals surface area (Å²) >= 11 is 11.9. The molecule has 0 spiro atoms. The van der Waals surface area contributed by atoms with E-state index in [4.69, 9.17) is 33.8 Å². The van der Waals surface area contributed by atoms with Gasteiger partial charge in [-0.2, -0.15) is 5.26 Å². The molecular weight excluding hydrogens is 412 g/mol. The molecule has 3 rings (SSSR count). The van der Waals surface area contributed by atoms with Crippen molar-refractivity contribution in [3.05, 3.63) is 28.8 Å². The standard InChI is InChI=1S/C20H23ClN4O3S/c1-4-28-19(27)23-9-7-14(8-10-23)25-18(29)24(17(26)20(25,2)3)15-6-5-13(12-22)16(21)11-15/h5-6,11,14H,4,7-10H2,1-3H3. The van der Waals surface area contributed by atoms with Crippen molar-refractivity contribution in [2.75, 3.05) is 24.6 Å². The van der Waals surface area contributed by atoms with E-state index < -0.39 is 5.54 Å². The van der Waals surface area contributed by atoms with Gasteiger partial charge in [-0.25, -0.2) is 4.79 Å². The summed E-state index contributed by atoms with van der Waals surface area (Å²) in [6.45, 7) is 6.93. The second-order valence-electron chi connectivity index (χ2n) is 7.55. The van der Waals surface area contributed by atoms with Crippen LogP contribution in [-0.4, -0.2) is 58.2 Å². The molecule has 0 N–H and O–H groups in total. The Labute approximate surface area is 180 Å². The zero-order valence-corrected chi connectivity index (χ0v) is 18.2. The molecule has 1 aromatic rings. The van der Waals surface area contributed by atoms with Crippen molar-refractivity contribution in [3.63, 3.8) is 0 Å². The van der Waals surface area contributed by atoms with Crippen LogP contribution in [0.5, 0.6) is 0 Å². The Morgan fingerprint density at radius 2 is 2.03 bits per heavy atom. The largest absolute Gasteiger partial charge is 0.450 e. The molecule has 2 aliphatic rings. The van der Waals surface area contributed by atoms with Gasteiger partial charge in [0.05, 0.1) is 22.9 Å². The van der Waals surface area contributed by atoms with Crippen molar-refractivity contribution in [1.82, 2.24) is 9.80 Å². The molecular formula is C20H23ClN4O3S. The van der Waals surface area contributed by atoms with Gasteiger partial charge in [0.2, 0.25) is 0 Å². The first-order chi connectivity index (χ1) is 13.7. The number of hydrogen-bond acceptors (Lipinski definition) is 5. The predicted molar refractivity (Wildman–Crippen MR) is 114 cm³/mol. The molecule has 154 valence electrons. The third-order valence-corrected chi connectivity index (χ3v) is 6.11. The van der Waals surface area contributed by atoms with E-state index in [0.717, 1.165) is 0 Å². The van der Waals surface area contributed by atoms with Crippen molar-refractivity contribution in [2.45, 2.75) is 45.2 Å². The Hall–Kier alpha value is -2.37. The summed E-state index contributed by atoms with van der Waals surface area (Å²) in [7, 11) is 0. The maximum Gasteiger partial charge on any atom is 0.409 e. The highest BCUT2D eigenvalue weighted by molar-refractivity contribution is 7.80. The Balaban J connectivity index is 1.82. The monoisotopic (exact) mass is 434 g/mol. The zero-order valence-electron chi connectivity index (χ0n) is 16.6. The first kappa shape index (κ1) is 21.3. The third kappa shape index (κ3) is 3.77. The van der Waals surface area contributed by atoms with E-state index in [0.29, 0.717) is 48.9 Å². The lowest BCUT2D eigenvalue weighted by atomic mass is 9.96. The lowest BCUT2D eigenvalue weighted by Gasteiger charge is -2.41. The number of rotatable bonds is 3. The van der Waals surface area contributed by atoms with Gasteiger partial charge < -0.3 is 14.5 Å². The number of carbonyl (C=O) groups is 2. The van der Waals surface area contributed by atoms with Crippen LogP contribution >= 0.6 is 23.8 Å². The van der Waals surface area contributed by atoms with Crippen LogP contribution in [0.3, 0.4) is 0 Å². The van der Waals surface area contributed by atoms with Gasteiger partial charge in [0.15, 0.2) is 5.11 Å². The molecule has 0 unspecified atom stereocenters. The number of anilines is 1. The van der Waals surface area contributed by atoms with Crippen LogP contribution in [-0.2, 0) is 9.53 Å². The molecule has 0 atom stereocenters. The minimum absolute atomic E-state index is 0.0333. The number of piperidine rings is 1. The molecule has 2 aliphatic heterocycles. The average Bonchev–Trinajstić information content (AvgIpc) is 2.86. The fraction of sp³-hybridized carbons (Fsp3) is 0.500. The third-order valence-electron chi connectivity index (χ3n) is 5.41. The van der Waals surface area contributed by atoms with Crippen LogP contribution in [0.4, 0.5) is 10.5 Å². The second-order valence-corrected chi connectivity index (χ2v) is 8.32. The van der Waals surface area contributed by atoms with Gasteiger partial charge >= 0.3 is 6.09 Å². The summed E-state index contributed by atoms with van der Waals surface area (Å²) in [4.78, 5) is 30.3. The number of likely N-dealkylation sites (tertiary alicyclic amines) is 1. The van der Waals surface area contributed by atoms with E-state index in [1.807, 2.05) is 24.8 Å². The Kier molecular flexibility index (Phi) is 6.01. The number of nitrogens with zero attached hydrogens (tertiary/aromatic N) is 4. The quantitative estimate of drug-likeness (QED) is 0.677. The number of halogens is 1. The molecule has 0 aromatic heterocycles. The normalized spacial score (nSPS) is 19.5. The number of thiocarbonyl (C=S) groups is 1. The van der Waals surface area contributed by atoms with Gasteiger partial charge in [0.25, 0.3) is 5.91 Å². The smallest absolute Gasteiger partial charge is 0.409 e. The van der Waals surface area contributed by atoms with Gasteiger partial charge in [-0.3, -0.25) is 9.69 Å². The number of carbonyl (C=O) groups excluding carboxylic acids is 2. The van der Waals surface area contributed by atoms with Gasteiger partial charge in [0.1, 0.15) is 11.6 Å². The van der Waals surface area contributed by atoms with Crippen molar-refractivity contribution < 1.29 is 14.3 Å². The van der Waals surface area contributed by atoms with Crippen LogP contribution in [0.15, 0.2) is 18.2 Å². The van der Waals surface area contributed by atoms with Crippen molar-refractivity contribution >= 4 is 46.6 Å². The molecule has 2 saturated heterocycles. The molecule has 2 fully saturated rings. The van der Waals surface area contributed by atoms with Crippen LogP contribution in [0.1, 0.15) is 39.2 Å². The zero-order chi connectivity index (χ0) is 21.3. The van der Waals surface area contributed by atoms with Gasteiger partial charge in [-0.15, -0.1) is 0 Å². The fourth-order valence-corrected chi connectivity index (χ4v) is 4.69. The molecule has 0 bridgehead atoms. The average molecular weight is 435 g/mol. The molecule has 1 aromatic carbocycles. The maximum absolute atomic E-state index is 13.2. The molecule has 0 aliphatic carbocycles. The Morgan fingerprint density at radius 3 is 2.59 bits per heavy atom. The van der Waals surface area contributed by atoms with Gasteiger partial charge in [-0.1, -0.05) is 11.6 Å². The second kappa shape index (κ2) is 8.17. The Morgan fingerprint density at radius 1 is 1.38 bits per heavy atom.